The number of nitrogens with zero attached hydrogens (tertiary/aromatic N) is 3. The van der Waals surface area contributed by atoms with Gasteiger partial charge in [-0.1, -0.05) is 18.2 Å². The van der Waals surface area contributed by atoms with Crippen LogP contribution in [0.15, 0.2) is 66.9 Å². The first-order valence-electron chi connectivity index (χ1n) is 12.3. The van der Waals surface area contributed by atoms with Crippen molar-refractivity contribution in [3.63, 3.8) is 0 Å². The van der Waals surface area contributed by atoms with Crippen LogP contribution in [-0.2, 0) is 0 Å². The average Bonchev–Trinajstić information content (AvgIpc) is 3.34. The van der Waals surface area contributed by atoms with Gasteiger partial charge in [0.05, 0.1) is 34.2 Å². The molecular formula is C29H28N6O. The Morgan fingerprint density at radius 1 is 1.06 bits per heavy atom. The molecule has 2 aromatic carbocycles. The summed E-state index contributed by atoms with van der Waals surface area (Å²) in [4.78, 5) is 17.3. The van der Waals surface area contributed by atoms with Gasteiger partial charge < -0.3 is 10.6 Å². The summed E-state index contributed by atoms with van der Waals surface area (Å²) in [6.07, 6.45) is 9.47. The molecule has 0 unspecified atom stereocenters. The third kappa shape index (κ3) is 5.44. The van der Waals surface area contributed by atoms with Crippen LogP contribution in [0.25, 0.3) is 23.1 Å². The quantitative estimate of drug-likeness (QED) is 0.306. The van der Waals surface area contributed by atoms with Gasteiger partial charge in [0.2, 0.25) is 0 Å². The first-order valence-corrected chi connectivity index (χ1v) is 12.3. The lowest BCUT2D eigenvalue weighted by atomic mass is 9.83. The number of hydrogen-bond donors (Lipinski definition) is 3. The van der Waals surface area contributed by atoms with Crippen molar-refractivity contribution in [3.8, 4) is 6.07 Å². The molecule has 180 valence electrons. The average molecular weight is 477 g/mol. The second-order valence-electron chi connectivity index (χ2n) is 9.18. The molecule has 3 N–H and O–H groups in total. The molecule has 4 aromatic rings. The van der Waals surface area contributed by atoms with Crippen molar-refractivity contribution in [2.75, 3.05) is 11.9 Å². The molecule has 2 heterocycles. The largest absolute Gasteiger partial charge is 0.355 e. The van der Waals surface area contributed by atoms with Crippen molar-refractivity contribution in [2.45, 2.75) is 25.7 Å². The fourth-order valence-corrected chi connectivity index (χ4v) is 4.66. The lowest BCUT2D eigenvalue weighted by Gasteiger charge is -2.25. The summed E-state index contributed by atoms with van der Waals surface area (Å²) in [6, 6.07) is 21.7. The number of hydrogen-bond acceptors (Lipinski definition) is 5. The number of nitriles is 1. The van der Waals surface area contributed by atoms with E-state index in [1.807, 2.05) is 72.8 Å². The molecule has 7 nitrogen and oxygen atoms in total. The number of benzene rings is 2. The normalized spacial score (nSPS) is 17.6. The van der Waals surface area contributed by atoms with Crippen molar-refractivity contribution in [2.24, 2.45) is 11.8 Å². The van der Waals surface area contributed by atoms with E-state index in [2.05, 4.69) is 31.9 Å². The van der Waals surface area contributed by atoms with Gasteiger partial charge in [0.15, 0.2) is 0 Å². The Hall–Kier alpha value is -4.44. The van der Waals surface area contributed by atoms with E-state index in [0.29, 0.717) is 18.0 Å². The number of aromatic nitrogens is 3. The second kappa shape index (κ2) is 10.9. The highest BCUT2D eigenvalue weighted by molar-refractivity contribution is 6.00. The van der Waals surface area contributed by atoms with Crippen molar-refractivity contribution in [1.29, 1.82) is 5.26 Å². The maximum absolute atomic E-state index is 13.0. The Morgan fingerprint density at radius 2 is 1.89 bits per heavy atom. The molecule has 1 saturated carbocycles. The summed E-state index contributed by atoms with van der Waals surface area (Å²) in [5.41, 5.74) is 4.82. The van der Waals surface area contributed by atoms with Crippen LogP contribution in [-0.4, -0.2) is 27.6 Å². The van der Waals surface area contributed by atoms with E-state index >= 15 is 0 Å². The summed E-state index contributed by atoms with van der Waals surface area (Å²) in [7, 11) is 0. The van der Waals surface area contributed by atoms with E-state index in [4.69, 9.17) is 5.26 Å². The smallest absolute Gasteiger partial charge is 0.253 e. The second-order valence-corrected chi connectivity index (χ2v) is 9.18. The van der Waals surface area contributed by atoms with Crippen LogP contribution in [0.1, 0.15) is 47.4 Å². The van der Waals surface area contributed by atoms with E-state index in [9.17, 15) is 4.79 Å². The topological polar surface area (TPSA) is 106 Å². The minimum Gasteiger partial charge on any atom is -0.355 e. The van der Waals surface area contributed by atoms with E-state index in [-0.39, 0.29) is 11.8 Å². The van der Waals surface area contributed by atoms with E-state index in [1.54, 1.807) is 6.20 Å². The Morgan fingerprint density at radius 3 is 2.69 bits per heavy atom. The Labute approximate surface area is 210 Å². The molecule has 0 saturated heterocycles. The van der Waals surface area contributed by atoms with E-state index < -0.39 is 0 Å². The van der Waals surface area contributed by atoms with Gasteiger partial charge in [-0.15, -0.1) is 0 Å². The van der Waals surface area contributed by atoms with E-state index in [0.717, 1.165) is 59.3 Å². The number of nitrogens with one attached hydrogen (secondary N) is 3. The molecule has 36 heavy (non-hydrogen) atoms. The van der Waals surface area contributed by atoms with E-state index in [1.165, 1.54) is 0 Å². The maximum Gasteiger partial charge on any atom is 0.253 e. The zero-order valence-corrected chi connectivity index (χ0v) is 19.9. The Kier molecular flexibility index (Phi) is 7.04. The van der Waals surface area contributed by atoms with Crippen LogP contribution in [0.2, 0.25) is 0 Å². The van der Waals surface area contributed by atoms with Crippen LogP contribution < -0.4 is 10.6 Å². The highest BCUT2D eigenvalue weighted by Gasteiger charge is 2.21. The number of pyridine rings is 1. The standard InChI is InChI=1S/C29H28N6O/c30-18-20-8-10-21(11-9-20)19-32-29(36)25-6-1-2-7-26(25)33-23-12-14-24-27(34-35-28(24)17-23)15-13-22-5-3-4-16-31-22/h1-7,12-17,20-21,33H,8-11,19H2,(H,32,36)(H,34,35)/b15-13+. The first-order chi connectivity index (χ1) is 17.7. The monoisotopic (exact) mass is 476 g/mol. The molecule has 0 spiro atoms. The molecule has 1 fully saturated rings. The fraction of sp³-hybridized carbons (Fsp3) is 0.241. The third-order valence-electron chi connectivity index (χ3n) is 6.72. The molecule has 1 aliphatic carbocycles. The summed E-state index contributed by atoms with van der Waals surface area (Å²) in [5, 5.41) is 24.1. The van der Waals surface area contributed by atoms with Gasteiger partial charge in [-0.2, -0.15) is 10.4 Å². The van der Waals surface area contributed by atoms with Crippen LogP contribution in [0.3, 0.4) is 0 Å². The maximum atomic E-state index is 13.0. The predicted molar refractivity (Wildman–Crippen MR) is 142 cm³/mol. The van der Waals surface area contributed by atoms with Crippen LogP contribution in [0.4, 0.5) is 11.4 Å². The number of carbonyl (C=O) groups is 1. The number of amides is 1. The third-order valence-corrected chi connectivity index (χ3v) is 6.72. The van der Waals surface area contributed by atoms with Gasteiger partial charge in [0.1, 0.15) is 0 Å². The number of carbonyl (C=O) groups excluding carboxylic acids is 1. The molecular weight excluding hydrogens is 448 g/mol. The first kappa shape index (κ1) is 23.3. The number of aromatic amines is 1. The number of anilines is 2. The number of rotatable bonds is 7. The van der Waals surface area contributed by atoms with Gasteiger partial charge >= 0.3 is 0 Å². The molecule has 2 aromatic heterocycles. The van der Waals surface area contributed by atoms with Crippen molar-refractivity contribution in [3.05, 3.63) is 83.8 Å². The molecule has 0 bridgehead atoms. The predicted octanol–water partition coefficient (Wildman–Crippen LogP) is 5.93. The molecule has 7 heteroatoms. The molecule has 0 atom stereocenters. The highest BCUT2D eigenvalue weighted by atomic mass is 16.1. The lowest BCUT2D eigenvalue weighted by Crippen LogP contribution is -2.31. The molecule has 0 aliphatic heterocycles. The zero-order chi connectivity index (χ0) is 24.7. The van der Waals surface area contributed by atoms with Crippen molar-refractivity contribution in [1.82, 2.24) is 20.5 Å². The van der Waals surface area contributed by atoms with Crippen LogP contribution in [0, 0.1) is 23.2 Å². The SMILES string of the molecule is N#CC1CCC(CNC(=O)c2ccccc2Nc2ccc3c(/C=C/c4ccccn4)n[nH]c3c2)CC1. The van der Waals surface area contributed by atoms with Crippen molar-refractivity contribution >= 4 is 40.3 Å². The lowest BCUT2D eigenvalue weighted by molar-refractivity contribution is 0.0943. The minimum absolute atomic E-state index is 0.0925. The number of para-hydroxylation sites is 1. The summed E-state index contributed by atoms with van der Waals surface area (Å²) in [6.45, 7) is 0.639. The van der Waals surface area contributed by atoms with Gasteiger partial charge in [-0.05, 0) is 86.2 Å². The highest BCUT2D eigenvalue weighted by Crippen LogP contribution is 2.29. The van der Waals surface area contributed by atoms with Gasteiger partial charge in [-0.3, -0.25) is 14.9 Å². The number of H-pyrrole nitrogens is 1. The minimum atomic E-state index is -0.0925. The Balaban J connectivity index is 1.26. The van der Waals surface area contributed by atoms with Crippen LogP contribution in [0.5, 0.6) is 0 Å². The van der Waals surface area contributed by atoms with Gasteiger partial charge in [0, 0.05) is 29.7 Å². The molecule has 5 rings (SSSR count). The summed E-state index contributed by atoms with van der Waals surface area (Å²) in [5.74, 6) is 0.509. The van der Waals surface area contributed by atoms with Gasteiger partial charge in [-0.25, -0.2) is 0 Å². The van der Waals surface area contributed by atoms with Gasteiger partial charge in [0.25, 0.3) is 5.91 Å². The fourth-order valence-electron chi connectivity index (χ4n) is 4.66. The molecule has 1 amide bonds. The number of fused-ring (bicyclic) bond motifs is 1. The van der Waals surface area contributed by atoms with Crippen LogP contribution >= 0.6 is 0 Å². The zero-order valence-electron chi connectivity index (χ0n) is 19.9. The Bertz CT molecular complexity index is 1410. The molecule has 0 radical (unpaired) electrons. The summed E-state index contributed by atoms with van der Waals surface area (Å²) < 4.78 is 0. The molecule has 1 aliphatic rings. The van der Waals surface area contributed by atoms with Crippen molar-refractivity contribution < 1.29 is 4.79 Å². The summed E-state index contributed by atoms with van der Waals surface area (Å²) >= 11 is 0.